The molecule has 0 amide bonds. The summed E-state index contributed by atoms with van der Waals surface area (Å²) in [4.78, 5) is 35.4. The minimum Gasteiger partial charge on any atom is -0.476 e. The molecule has 168 valence electrons. The third-order valence-corrected chi connectivity index (χ3v) is 6.24. The van der Waals surface area contributed by atoms with Crippen LogP contribution < -0.4 is 15.8 Å². The molecule has 1 atom stereocenters. The fourth-order valence-corrected chi connectivity index (χ4v) is 4.22. The number of halogens is 1. The molecule has 32 heavy (non-hydrogen) atoms. The molecule has 0 aromatic carbocycles. The van der Waals surface area contributed by atoms with E-state index in [-0.39, 0.29) is 22.7 Å². The molecule has 4 heterocycles. The summed E-state index contributed by atoms with van der Waals surface area (Å²) in [7, 11) is 0. The van der Waals surface area contributed by atoms with Gasteiger partial charge in [-0.3, -0.25) is 9.20 Å². The highest BCUT2D eigenvalue weighted by Crippen LogP contribution is 2.32. The minimum absolute atomic E-state index is 0.0765. The summed E-state index contributed by atoms with van der Waals surface area (Å²) >= 11 is 6.31. The number of anilines is 2. The molecule has 3 aromatic heterocycles. The zero-order valence-corrected chi connectivity index (χ0v) is 19.1. The van der Waals surface area contributed by atoms with Crippen LogP contribution in [0.2, 0.25) is 5.02 Å². The van der Waals surface area contributed by atoms with Crippen molar-refractivity contribution in [3.05, 3.63) is 63.3 Å². The molecule has 0 aliphatic carbocycles. The topological polar surface area (TPSA) is 99.8 Å². The van der Waals surface area contributed by atoms with E-state index in [9.17, 15) is 14.7 Å². The number of rotatable bonds is 5. The van der Waals surface area contributed by atoms with Gasteiger partial charge in [-0.25, -0.2) is 14.8 Å². The summed E-state index contributed by atoms with van der Waals surface area (Å²) < 4.78 is 1.44. The largest absolute Gasteiger partial charge is 0.476 e. The van der Waals surface area contributed by atoms with Crippen LogP contribution in [0.1, 0.15) is 55.7 Å². The van der Waals surface area contributed by atoms with Gasteiger partial charge in [0.05, 0.1) is 16.8 Å². The predicted octanol–water partition coefficient (Wildman–Crippen LogP) is 4.24. The van der Waals surface area contributed by atoms with Crippen molar-refractivity contribution in [3.8, 4) is 0 Å². The number of carboxylic acids is 1. The van der Waals surface area contributed by atoms with Gasteiger partial charge in [0.25, 0.3) is 5.56 Å². The molecule has 1 aliphatic heterocycles. The van der Waals surface area contributed by atoms with Crippen molar-refractivity contribution in [2.75, 3.05) is 23.3 Å². The molecule has 4 rings (SSSR count). The van der Waals surface area contributed by atoms with Gasteiger partial charge in [0.2, 0.25) is 0 Å². The Kier molecular flexibility index (Phi) is 5.81. The quantitative estimate of drug-likeness (QED) is 0.593. The van der Waals surface area contributed by atoms with E-state index in [0.29, 0.717) is 27.7 Å². The summed E-state index contributed by atoms with van der Waals surface area (Å²) in [5.74, 6) is -0.477. The fourth-order valence-electron chi connectivity index (χ4n) is 4.01. The highest BCUT2D eigenvalue weighted by molar-refractivity contribution is 6.30. The normalized spacial score (nSPS) is 16.7. The second-order valence-electron chi connectivity index (χ2n) is 8.98. The van der Waals surface area contributed by atoms with Crippen LogP contribution in [-0.2, 0) is 0 Å². The first kappa shape index (κ1) is 22.1. The Labute approximate surface area is 190 Å². The molecule has 8 nitrogen and oxygen atoms in total. The van der Waals surface area contributed by atoms with Crippen molar-refractivity contribution < 1.29 is 9.90 Å². The first-order valence-electron chi connectivity index (χ1n) is 10.6. The molecule has 0 bridgehead atoms. The van der Waals surface area contributed by atoms with Gasteiger partial charge < -0.3 is 15.3 Å². The molecule has 1 fully saturated rings. The Morgan fingerprint density at radius 3 is 2.69 bits per heavy atom. The van der Waals surface area contributed by atoms with Gasteiger partial charge in [0.15, 0.2) is 5.69 Å². The van der Waals surface area contributed by atoms with Crippen LogP contribution in [-0.4, -0.2) is 38.5 Å². The highest BCUT2D eigenvalue weighted by Gasteiger charge is 2.27. The molecular weight excluding hydrogens is 430 g/mol. The summed E-state index contributed by atoms with van der Waals surface area (Å²) in [6, 6.07) is 6.23. The number of aromatic carboxylic acids is 1. The second-order valence-corrected chi connectivity index (χ2v) is 9.42. The third-order valence-electron chi connectivity index (χ3n) is 6.03. The minimum atomic E-state index is -1.12. The number of carboxylic acid groups (broad SMARTS) is 1. The van der Waals surface area contributed by atoms with E-state index in [0.717, 1.165) is 25.9 Å². The van der Waals surface area contributed by atoms with Crippen LogP contribution in [0.25, 0.3) is 5.65 Å². The third kappa shape index (κ3) is 4.41. The van der Waals surface area contributed by atoms with Gasteiger partial charge in [-0.2, -0.15) is 0 Å². The maximum Gasteiger partial charge on any atom is 0.356 e. The van der Waals surface area contributed by atoms with Crippen LogP contribution in [0, 0.1) is 5.41 Å². The van der Waals surface area contributed by atoms with Gasteiger partial charge in [-0.15, -0.1) is 0 Å². The van der Waals surface area contributed by atoms with Crippen molar-refractivity contribution in [2.45, 2.75) is 39.7 Å². The van der Waals surface area contributed by atoms with Crippen molar-refractivity contribution in [2.24, 2.45) is 5.41 Å². The fraction of sp³-hybridized carbons (Fsp3) is 0.391. The SMILES string of the molecule is C[C@@H](Nc1cccnc1C(=O)O)c1cc(Cl)cn2c(=O)cc(N3CCC(C)(C)CC3)nc12. The van der Waals surface area contributed by atoms with Crippen LogP contribution in [0.5, 0.6) is 0 Å². The van der Waals surface area contributed by atoms with Crippen molar-refractivity contribution in [3.63, 3.8) is 0 Å². The predicted molar refractivity (Wildman–Crippen MR) is 125 cm³/mol. The van der Waals surface area contributed by atoms with Gasteiger partial charge in [0.1, 0.15) is 11.5 Å². The summed E-state index contributed by atoms with van der Waals surface area (Å²) in [6.07, 6.45) is 5.04. The molecule has 0 unspecified atom stereocenters. The first-order chi connectivity index (χ1) is 15.1. The monoisotopic (exact) mass is 455 g/mol. The number of pyridine rings is 2. The van der Waals surface area contributed by atoms with Crippen LogP contribution in [0.15, 0.2) is 41.5 Å². The first-order valence-corrected chi connectivity index (χ1v) is 10.9. The standard InChI is InChI=1S/C23H26ClN5O3/c1-14(26-17-5-4-8-25-20(17)22(31)32)16-11-15(24)13-29-19(30)12-18(27-21(16)29)28-9-6-23(2,3)7-10-28/h4-5,8,11-14,26H,6-7,9-10H2,1-3H3,(H,31,32)/t14-/m1/s1. The summed E-state index contributed by atoms with van der Waals surface area (Å²) in [6.45, 7) is 8.05. The number of fused-ring (bicyclic) bond motifs is 1. The van der Waals surface area contributed by atoms with Gasteiger partial charge >= 0.3 is 5.97 Å². The number of aromatic nitrogens is 3. The maximum atomic E-state index is 12.9. The van der Waals surface area contributed by atoms with Crippen molar-refractivity contribution in [1.82, 2.24) is 14.4 Å². The maximum absolute atomic E-state index is 12.9. The Morgan fingerprint density at radius 2 is 2.00 bits per heavy atom. The van der Waals surface area contributed by atoms with Crippen LogP contribution in [0.3, 0.4) is 0 Å². The van der Waals surface area contributed by atoms with Crippen LogP contribution >= 0.6 is 11.6 Å². The zero-order valence-electron chi connectivity index (χ0n) is 18.3. The van der Waals surface area contributed by atoms with Gasteiger partial charge in [-0.05, 0) is 43.4 Å². The molecule has 1 aliphatic rings. The van der Waals surface area contributed by atoms with E-state index < -0.39 is 5.97 Å². The van der Waals surface area contributed by atoms with Crippen LogP contribution in [0.4, 0.5) is 11.5 Å². The molecule has 0 radical (unpaired) electrons. The summed E-state index contributed by atoms with van der Waals surface area (Å²) in [5, 5.41) is 13.0. The Balaban J connectivity index is 1.75. The van der Waals surface area contributed by atoms with E-state index in [2.05, 4.69) is 29.0 Å². The number of nitrogens with one attached hydrogen (secondary N) is 1. The Bertz CT molecular complexity index is 1230. The van der Waals surface area contributed by atoms with Crippen molar-refractivity contribution in [1.29, 1.82) is 0 Å². The Hall–Kier alpha value is -3.13. The average Bonchev–Trinajstić information content (AvgIpc) is 2.74. The van der Waals surface area contributed by atoms with E-state index in [1.54, 1.807) is 30.5 Å². The summed E-state index contributed by atoms with van der Waals surface area (Å²) in [5.41, 5.74) is 1.55. The lowest BCUT2D eigenvalue weighted by Gasteiger charge is -2.37. The Morgan fingerprint density at radius 1 is 1.28 bits per heavy atom. The number of hydrogen-bond acceptors (Lipinski definition) is 6. The number of piperidine rings is 1. The molecule has 0 saturated carbocycles. The van der Waals surface area contributed by atoms with E-state index in [1.807, 2.05) is 6.92 Å². The highest BCUT2D eigenvalue weighted by atomic mass is 35.5. The molecule has 2 N–H and O–H groups in total. The number of hydrogen-bond donors (Lipinski definition) is 2. The lowest BCUT2D eigenvalue weighted by Crippen LogP contribution is -2.38. The van der Waals surface area contributed by atoms with E-state index in [4.69, 9.17) is 16.6 Å². The lowest BCUT2D eigenvalue weighted by atomic mass is 9.83. The molecule has 9 heteroatoms. The van der Waals surface area contributed by atoms with E-state index >= 15 is 0 Å². The van der Waals surface area contributed by atoms with E-state index in [1.165, 1.54) is 10.6 Å². The second kappa shape index (κ2) is 8.43. The smallest absolute Gasteiger partial charge is 0.356 e. The number of nitrogens with zero attached hydrogens (tertiary/aromatic N) is 4. The number of carbonyl (C=O) groups is 1. The zero-order chi connectivity index (χ0) is 23.0. The average molecular weight is 456 g/mol. The molecule has 0 spiro atoms. The molecular formula is C23H26ClN5O3. The lowest BCUT2D eigenvalue weighted by molar-refractivity contribution is 0.0691. The van der Waals surface area contributed by atoms with Gasteiger partial charge in [-0.1, -0.05) is 25.4 Å². The van der Waals surface area contributed by atoms with Crippen molar-refractivity contribution >= 4 is 34.7 Å². The molecule has 1 saturated heterocycles. The van der Waals surface area contributed by atoms with Gasteiger partial charge in [0, 0.05) is 37.1 Å². The molecule has 3 aromatic rings.